The molecule has 2 aromatic carbocycles. The number of halogens is 7. The van der Waals surface area contributed by atoms with Gasteiger partial charge >= 0.3 is 12.4 Å². The maximum atomic E-state index is 13.4. The normalized spacial score (nSPS) is 12.1. The molecule has 0 amide bonds. The highest BCUT2D eigenvalue weighted by molar-refractivity contribution is 6.31. The van der Waals surface area contributed by atoms with Crippen LogP contribution in [-0.4, -0.2) is 15.4 Å². The average molecular weight is 417 g/mol. The van der Waals surface area contributed by atoms with Crippen LogP contribution in [-0.2, 0) is 12.4 Å². The van der Waals surface area contributed by atoms with Gasteiger partial charge in [-0.1, -0.05) is 22.9 Å². The van der Waals surface area contributed by atoms with Crippen molar-refractivity contribution in [2.24, 2.45) is 0 Å². The van der Waals surface area contributed by atoms with Crippen LogP contribution < -0.4 is 0 Å². The third-order valence-electron chi connectivity index (χ3n) is 3.79. The minimum Gasteiger partial charge on any atom is -0.247 e. The van der Waals surface area contributed by atoms with Gasteiger partial charge in [-0.15, -0.1) is 5.10 Å². The Morgan fingerprint density at radius 3 is 2.21 bits per heavy atom. The average Bonchev–Trinajstić information content (AvgIpc) is 3.08. The fourth-order valence-electron chi connectivity index (χ4n) is 2.60. The van der Waals surface area contributed by atoms with Gasteiger partial charge in [0.15, 0.2) is 5.69 Å². The maximum Gasteiger partial charge on any atom is 0.417 e. The molecule has 0 saturated carbocycles. The number of rotatable bonds is 2. The van der Waals surface area contributed by atoms with E-state index in [0.717, 1.165) is 6.07 Å². The van der Waals surface area contributed by atoms with Crippen molar-refractivity contribution in [3.8, 4) is 28.5 Å². The number of aromatic nitrogens is 3. The van der Waals surface area contributed by atoms with Crippen LogP contribution in [0.15, 0.2) is 36.4 Å². The van der Waals surface area contributed by atoms with E-state index in [2.05, 4.69) is 15.4 Å². The van der Waals surface area contributed by atoms with Gasteiger partial charge < -0.3 is 0 Å². The third-order valence-corrected chi connectivity index (χ3v) is 4.01. The van der Waals surface area contributed by atoms with Crippen LogP contribution in [0.2, 0.25) is 5.02 Å². The Bertz CT molecular complexity index is 1080. The Morgan fingerprint density at radius 2 is 1.61 bits per heavy atom. The predicted octanol–water partition coefficient (Wildman–Crippen LogP) is 5.70. The molecule has 11 heteroatoms. The van der Waals surface area contributed by atoms with Crippen LogP contribution in [0.3, 0.4) is 0 Å². The summed E-state index contributed by atoms with van der Waals surface area (Å²) in [5, 5.41) is 18.5. The molecule has 3 rings (SSSR count). The second kappa shape index (κ2) is 6.83. The zero-order chi connectivity index (χ0) is 20.7. The van der Waals surface area contributed by atoms with Crippen LogP contribution >= 0.6 is 11.6 Å². The lowest BCUT2D eigenvalue weighted by Gasteiger charge is -2.17. The number of aromatic amines is 1. The standard InChI is InChI=1S/C17H7ClF6N4/c18-11-4-8(3-9(5-11)15-14(7-25)26-28-27-15)12-2-1-10(16(19,20)21)6-13(12)17(22,23)24/h1-6H,(H,26,27,28). The van der Waals surface area contributed by atoms with Crippen molar-refractivity contribution in [2.45, 2.75) is 12.4 Å². The van der Waals surface area contributed by atoms with Crippen LogP contribution in [0.1, 0.15) is 16.8 Å². The van der Waals surface area contributed by atoms with Crippen LogP contribution in [0.5, 0.6) is 0 Å². The minimum atomic E-state index is -5.04. The van der Waals surface area contributed by atoms with E-state index in [1.807, 2.05) is 0 Å². The van der Waals surface area contributed by atoms with Gasteiger partial charge in [-0.05, 0) is 41.5 Å². The zero-order valence-corrected chi connectivity index (χ0v) is 14.2. The van der Waals surface area contributed by atoms with Gasteiger partial charge in [-0.2, -0.15) is 31.6 Å². The first-order valence-electron chi connectivity index (χ1n) is 7.41. The lowest BCUT2D eigenvalue weighted by molar-refractivity contribution is -0.142. The molecule has 1 heterocycles. The summed E-state index contributed by atoms with van der Waals surface area (Å²) in [6.07, 6.45) is -9.97. The molecule has 0 radical (unpaired) electrons. The first kappa shape index (κ1) is 19.7. The van der Waals surface area contributed by atoms with Gasteiger partial charge in [-0.3, -0.25) is 0 Å². The van der Waals surface area contributed by atoms with Gasteiger partial charge in [0.25, 0.3) is 0 Å². The largest absolute Gasteiger partial charge is 0.417 e. The Kier molecular flexibility index (Phi) is 4.81. The fourth-order valence-corrected chi connectivity index (χ4v) is 2.83. The van der Waals surface area contributed by atoms with Gasteiger partial charge in [0.05, 0.1) is 11.1 Å². The number of nitriles is 1. The van der Waals surface area contributed by atoms with E-state index in [9.17, 15) is 26.3 Å². The Labute approximate surface area is 158 Å². The van der Waals surface area contributed by atoms with Crippen molar-refractivity contribution >= 4 is 11.6 Å². The summed E-state index contributed by atoms with van der Waals surface area (Å²) >= 11 is 5.98. The summed E-state index contributed by atoms with van der Waals surface area (Å²) in [7, 11) is 0. The molecule has 3 aromatic rings. The molecule has 0 aliphatic rings. The molecule has 4 nitrogen and oxygen atoms in total. The van der Waals surface area contributed by atoms with E-state index in [1.165, 1.54) is 18.2 Å². The van der Waals surface area contributed by atoms with Crippen molar-refractivity contribution in [1.29, 1.82) is 5.26 Å². The molecular formula is C17H7ClF6N4. The smallest absolute Gasteiger partial charge is 0.247 e. The van der Waals surface area contributed by atoms with E-state index in [4.69, 9.17) is 16.9 Å². The number of alkyl halides is 6. The van der Waals surface area contributed by atoms with Gasteiger partial charge in [0.1, 0.15) is 11.8 Å². The second-order valence-electron chi connectivity index (χ2n) is 5.63. The molecule has 1 aromatic heterocycles. The van der Waals surface area contributed by atoms with Crippen LogP contribution in [0, 0.1) is 11.3 Å². The molecule has 0 spiro atoms. The number of nitrogens with one attached hydrogen (secondary N) is 1. The first-order chi connectivity index (χ1) is 13.0. The van der Waals surface area contributed by atoms with Crippen molar-refractivity contribution in [1.82, 2.24) is 15.4 Å². The monoisotopic (exact) mass is 416 g/mol. The molecule has 0 atom stereocenters. The Morgan fingerprint density at radius 1 is 0.929 bits per heavy atom. The minimum absolute atomic E-state index is 0.00686. The lowest BCUT2D eigenvalue weighted by Crippen LogP contribution is -2.12. The number of H-pyrrole nitrogens is 1. The molecule has 0 bridgehead atoms. The molecule has 0 aliphatic heterocycles. The van der Waals surface area contributed by atoms with E-state index in [1.54, 1.807) is 6.07 Å². The quantitative estimate of drug-likeness (QED) is 0.545. The highest BCUT2D eigenvalue weighted by atomic mass is 35.5. The van der Waals surface area contributed by atoms with E-state index in [0.29, 0.717) is 6.07 Å². The number of hydrogen-bond acceptors (Lipinski definition) is 3. The highest BCUT2D eigenvalue weighted by Gasteiger charge is 2.38. The van der Waals surface area contributed by atoms with Gasteiger partial charge in [0, 0.05) is 10.6 Å². The van der Waals surface area contributed by atoms with Gasteiger partial charge in [0.2, 0.25) is 0 Å². The molecule has 144 valence electrons. The van der Waals surface area contributed by atoms with Crippen LogP contribution in [0.25, 0.3) is 22.4 Å². The second-order valence-corrected chi connectivity index (χ2v) is 6.07. The number of hydrogen-bond donors (Lipinski definition) is 1. The van der Waals surface area contributed by atoms with E-state index >= 15 is 0 Å². The molecule has 0 saturated heterocycles. The first-order valence-corrected chi connectivity index (χ1v) is 7.79. The Balaban J connectivity index is 2.23. The molecule has 0 unspecified atom stereocenters. The lowest BCUT2D eigenvalue weighted by atomic mass is 9.95. The van der Waals surface area contributed by atoms with Crippen molar-refractivity contribution in [3.05, 3.63) is 58.2 Å². The van der Waals surface area contributed by atoms with Crippen molar-refractivity contribution < 1.29 is 26.3 Å². The van der Waals surface area contributed by atoms with Crippen molar-refractivity contribution in [3.63, 3.8) is 0 Å². The SMILES string of the molecule is N#Cc1[nH]nnc1-c1cc(Cl)cc(-c2ccc(C(F)(F)F)cc2C(F)(F)F)c1. The highest BCUT2D eigenvalue weighted by Crippen LogP contribution is 2.42. The fraction of sp³-hybridized carbons (Fsp3) is 0.118. The number of nitrogens with zero attached hydrogens (tertiary/aromatic N) is 3. The van der Waals surface area contributed by atoms with Crippen molar-refractivity contribution in [2.75, 3.05) is 0 Å². The zero-order valence-electron chi connectivity index (χ0n) is 13.5. The summed E-state index contributed by atoms with van der Waals surface area (Å²) in [5.41, 5.74) is -3.28. The van der Waals surface area contributed by atoms with E-state index in [-0.39, 0.29) is 33.6 Å². The van der Waals surface area contributed by atoms with Crippen LogP contribution in [0.4, 0.5) is 26.3 Å². The number of benzene rings is 2. The maximum absolute atomic E-state index is 13.4. The summed E-state index contributed by atoms with van der Waals surface area (Å²) in [6.45, 7) is 0. The molecule has 1 N–H and O–H groups in total. The molecular weight excluding hydrogens is 410 g/mol. The van der Waals surface area contributed by atoms with E-state index < -0.39 is 29.0 Å². The summed E-state index contributed by atoms with van der Waals surface area (Å²) < 4.78 is 78.8. The topological polar surface area (TPSA) is 65.4 Å². The molecule has 28 heavy (non-hydrogen) atoms. The predicted molar refractivity (Wildman–Crippen MR) is 87.0 cm³/mol. The summed E-state index contributed by atoms with van der Waals surface area (Å²) in [5.74, 6) is 0. The third kappa shape index (κ3) is 3.80. The Hall–Kier alpha value is -3.06. The molecule has 0 aliphatic carbocycles. The summed E-state index contributed by atoms with van der Waals surface area (Å²) in [6, 6.07) is 6.88. The molecule has 0 fully saturated rings. The summed E-state index contributed by atoms with van der Waals surface area (Å²) in [4.78, 5) is 0. The van der Waals surface area contributed by atoms with Gasteiger partial charge in [-0.25, -0.2) is 5.10 Å².